The number of thioether (sulfide) groups is 1. The summed E-state index contributed by atoms with van der Waals surface area (Å²) >= 11 is 1.27. The Labute approximate surface area is 172 Å². The number of aromatic nitrogens is 1. The number of methoxy groups -OCH3 is 1. The van der Waals surface area contributed by atoms with E-state index in [1.54, 1.807) is 26.3 Å². The molecule has 2 heterocycles. The van der Waals surface area contributed by atoms with Crippen LogP contribution in [0.4, 0.5) is 10.1 Å². The summed E-state index contributed by atoms with van der Waals surface area (Å²) in [6.45, 7) is 0. The third-order valence-electron chi connectivity index (χ3n) is 4.45. The smallest absolute Gasteiger partial charge is 0.266 e. The van der Waals surface area contributed by atoms with E-state index < -0.39 is 0 Å². The van der Waals surface area contributed by atoms with Crippen LogP contribution in [0.1, 0.15) is 5.69 Å². The molecule has 0 N–H and O–H groups in total. The van der Waals surface area contributed by atoms with Crippen LogP contribution >= 0.6 is 11.8 Å². The van der Waals surface area contributed by atoms with Gasteiger partial charge < -0.3 is 9.30 Å². The molecule has 3 aromatic rings. The lowest BCUT2D eigenvalue weighted by Gasteiger charge is -2.08. The fourth-order valence-electron chi connectivity index (χ4n) is 2.93. The van der Waals surface area contributed by atoms with Crippen molar-refractivity contribution in [1.29, 1.82) is 0 Å². The van der Waals surface area contributed by atoms with Crippen molar-refractivity contribution in [3.05, 3.63) is 83.3 Å². The number of likely N-dealkylation sites (N-methyl/N-ethyl adjacent to an activating group) is 1. The first-order valence-electron chi connectivity index (χ1n) is 8.89. The van der Waals surface area contributed by atoms with Gasteiger partial charge in [0.1, 0.15) is 11.6 Å². The van der Waals surface area contributed by atoms with Crippen LogP contribution in [0.25, 0.3) is 11.8 Å². The first-order valence-corrected chi connectivity index (χ1v) is 9.70. The van der Waals surface area contributed by atoms with E-state index in [1.165, 1.54) is 28.8 Å². The standard InChI is InChI=1S/C22H18FN3O2S/c1-25-21(27)20(29-22(25)24-16-6-3-5-15(23)13-16)14-18-7-4-12-26(18)17-8-10-19(28-2)11-9-17/h3-14H,1-2H3/b20-14-,24-22?. The SMILES string of the molecule is COc1ccc(-n2cccc2/C=C2\SC(=Nc3cccc(F)c3)N(C)C2=O)cc1. The number of hydrogen-bond acceptors (Lipinski definition) is 4. The summed E-state index contributed by atoms with van der Waals surface area (Å²) in [7, 11) is 3.29. The first kappa shape index (κ1) is 19.0. The molecule has 0 unspecified atom stereocenters. The van der Waals surface area contributed by atoms with Crippen LogP contribution in [-0.2, 0) is 4.79 Å². The zero-order valence-corrected chi connectivity index (χ0v) is 16.7. The zero-order chi connectivity index (χ0) is 20.4. The predicted octanol–water partition coefficient (Wildman–Crippen LogP) is 4.86. The van der Waals surface area contributed by atoms with Gasteiger partial charge in [0.25, 0.3) is 5.91 Å². The van der Waals surface area contributed by atoms with Gasteiger partial charge in [0.2, 0.25) is 0 Å². The summed E-state index contributed by atoms with van der Waals surface area (Å²) in [5.41, 5.74) is 2.29. The number of nitrogens with zero attached hydrogens (tertiary/aromatic N) is 3. The number of rotatable bonds is 4. The molecule has 0 atom stereocenters. The Morgan fingerprint density at radius 1 is 1.10 bits per heavy atom. The topological polar surface area (TPSA) is 46.8 Å². The highest BCUT2D eigenvalue weighted by atomic mass is 32.2. The molecular weight excluding hydrogens is 389 g/mol. The lowest BCUT2D eigenvalue weighted by atomic mass is 10.3. The second-order valence-corrected chi connectivity index (χ2v) is 7.36. The van der Waals surface area contributed by atoms with Crippen LogP contribution in [0, 0.1) is 5.82 Å². The molecule has 1 aromatic heterocycles. The van der Waals surface area contributed by atoms with Crippen molar-refractivity contribution in [2.75, 3.05) is 14.2 Å². The summed E-state index contributed by atoms with van der Waals surface area (Å²) in [5.74, 6) is 0.270. The average Bonchev–Trinajstić information content (AvgIpc) is 3.29. The van der Waals surface area contributed by atoms with Crippen molar-refractivity contribution in [3.63, 3.8) is 0 Å². The Balaban J connectivity index is 1.64. The van der Waals surface area contributed by atoms with Crippen LogP contribution in [0.15, 0.2) is 76.8 Å². The largest absolute Gasteiger partial charge is 0.497 e. The van der Waals surface area contributed by atoms with Gasteiger partial charge in [-0.1, -0.05) is 6.07 Å². The first-order chi connectivity index (χ1) is 14.0. The number of benzene rings is 2. The molecule has 1 aliphatic heterocycles. The molecule has 1 fully saturated rings. The molecule has 4 rings (SSSR count). The van der Waals surface area contributed by atoms with Crippen molar-refractivity contribution in [3.8, 4) is 11.4 Å². The molecule has 1 amide bonds. The summed E-state index contributed by atoms with van der Waals surface area (Å²) in [4.78, 5) is 19.1. The van der Waals surface area contributed by atoms with Gasteiger partial charge in [-0.15, -0.1) is 0 Å². The van der Waals surface area contributed by atoms with Crippen molar-refractivity contribution < 1.29 is 13.9 Å². The number of halogens is 1. The molecular formula is C22H18FN3O2S. The average molecular weight is 407 g/mol. The normalized spacial score (nSPS) is 16.8. The second kappa shape index (κ2) is 7.97. The quantitative estimate of drug-likeness (QED) is 0.581. The Morgan fingerprint density at radius 2 is 1.90 bits per heavy atom. The minimum absolute atomic E-state index is 0.146. The van der Waals surface area contributed by atoms with Crippen LogP contribution in [0.3, 0.4) is 0 Å². The van der Waals surface area contributed by atoms with E-state index in [0.29, 0.717) is 15.8 Å². The Bertz CT molecular complexity index is 1120. The van der Waals surface area contributed by atoms with Gasteiger partial charge in [0.15, 0.2) is 5.17 Å². The van der Waals surface area contributed by atoms with Crippen LogP contribution in [-0.4, -0.2) is 34.7 Å². The number of amidine groups is 1. The van der Waals surface area contributed by atoms with Gasteiger partial charge in [-0.25, -0.2) is 9.38 Å². The van der Waals surface area contributed by atoms with Gasteiger partial charge in [-0.05, 0) is 72.4 Å². The van der Waals surface area contributed by atoms with E-state index in [1.807, 2.05) is 53.2 Å². The molecule has 146 valence electrons. The number of carbonyl (C=O) groups excluding carboxylic acids is 1. The van der Waals surface area contributed by atoms with Crippen molar-refractivity contribution in [2.45, 2.75) is 0 Å². The maximum Gasteiger partial charge on any atom is 0.266 e. The molecule has 0 spiro atoms. The lowest BCUT2D eigenvalue weighted by molar-refractivity contribution is -0.121. The summed E-state index contributed by atoms with van der Waals surface area (Å²) in [6, 6.07) is 17.5. The molecule has 2 aromatic carbocycles. The summed E-state index contributed by atoms with van der Waals surface area (Å²) < 4.78 is 20.6. The summed E-state index contributed by atoms with van der Waals surface area (Å²) in [6.07, 6.45) is 3.77. The fraction of sp³-hybridized carbons (Fsp3) is 0.0909. The van der Waals surface area contributed by atoms with Crippen molar-refractivity contribution in [2.24, 2.45) is 4.99 Å². The highest BCUT2D eigenvalue weighted by Crippen LogP contribution is 2.33. The third-order valence-corrected chi connectivity index (χ3v) is 5.51. The van der Waals surface area contributed by atoms with Gasteiger partial charge in [0.05, 0.1) is 17.7 Å². The number of ether oxygens (including phenoxy) is 1. The lowest BCUT2D eigenvalue weighted by Crippen LogP contribution is -2.23. The van der Waals surface area contributed by atoms with Crippen molar-refractivity contribution in [1.82, 2.24) is 9.47 Å². The molecule has 5 nitrogen and oxygen atoms in total. The number of hydrogen-bond donors (Lipinski definition) is 0. The van der Waals surface area contributed by atoms with E-state index in [-0.39, 0.29) is 11.7 Å². The van der Waals surface area contributed by atoms with E-state index in [2.05, 4.69) is 4.99 Å². The third kappa shape index (κ3) is 3.95. The molecule has 0 bridgehead atoms. The Kier molecular flexibility index (Phi) is 5.22. The van der Waals surface area contributed by atoms with Gasteiger partial charge >= 0.3 is 0 Å². The molecule has 1 saturated heterocycles. The van der Waals surface area contributed by atoms with E-state index in [9.17, 15) is 9.18 Å². The minimum atomic E-state index is -0.364. The molecule has 0 aliphatic carbocycles. The van der Waals surface area contributed by atoms with Crippen LogP contribution < -0.4 is 4.74 Å². The maximum absolute atomic E-state index is 13.4. The van der Waals surface area contributed by atoms with Crippen molar-refractivity contribution >= 4 is 34.6 Å². The monoisotopic (exact) mass is 407 g/mol. The highest BCUT2D eigenvalue weighted by Gasteiger charge is 2.30. The fourth-order valence-corrected chi connectivity index (χ4v) is 3.90. The zero-order valence-electron chi connectivity index (χ0n) is 15.9. The Morgan fingerprint density at radius 3 is 2.62 bits per heavy atom. The molecule has 1 aliphatic rings. The second-order valence-electron chi connectivity index (χ2n) is 6.35. The summed E-state index contributed by atoms with van der Waals surface area (Å²) in [5, 5.41) is 0.509. The molecule has 0 saturated carbocycles. The van der Waals surface area contributed by atoms with Crippen LogP contribution in [0.2, 0.25) is 0 Å². The minimum Gasteiger partial charge on any atom is -0.497 e. The molecule has 7 heteroatoms. The number of aliphatic imine (C=N–C) groups is 1. The number of amides is 1. The highest BCUT2D eigenvalue weighted by molar-refractivity contribution is 8.18. The molecule has 0 radical (unpaired) electrons. The maximum atomic E-state index is 13.4. The van der Waals surface area contributed by atoms with Gasteiger partial charge in [0, 0.05) is 24.6 Å². The van der Waals surface area contributed by atoms with Crippen LogP contribution in [0.5, 0.6) is 5.75 Å². The van der Waals surface area contributed by atoms with Gasteiger partial charge in [-0.3, -0.25) is 9.69 Å². The predicted molar refractivity (Wildman–Crippen MR) is 114 cm³/mol. The van der Waals surface area contributed by atoms with E-state index >= 15 is 0 Å². The number of carbonyl (C=O) groups is 1. The van der Waals surface area contributed by atoms with Gasteiger partial charge in [-0.2, -0.15) is 0 Å². The Hall–Kier alpha value is -3.32. The van der Waals surface area contributed by atoms with E-state index in [4.69, 9.17) is 4.74 Å². The molecule has 29 heavy (non-hydrogen) atoms. The van der Waals surface area contributed by atoms with E-state index in [0.717, 1.165) is 17.1 Å².